The van der Waals surface area contributed by atoms with E-state index in [4.69, 9.17) is 10.00 Å². The molecule has 1 aromatic rings. The second-order valence-corrected chi connectivity index (χ2v) is 3.68. The molecule has 0 aliphatic carbocycles. The second kappa shape index (κ2) is 5.91. The normalized spacial score (nSPS) is 10.9. The number of aromatic nitrogens is 1. The summed E-state index contributed by atoms with van der Waals surface area (Å²) in [5.41, 5.74) is 0.287. The van der Waals surface area contributed by atoms with Gasteiger partial charge < -0.3 is 9.47 Å². The Morgan fingerprint density at radius 1 is 1.50 bits per heavy atom. The summed E-state index contributed by atoms with van der Waals surface area (Å²) in [4.78, 5) is 3.65. The van der Waals surface area contributed by atoms with Crippen LogP contribution in [0.3, 0.4) is 0 Å². The lowest BCUT2D eigenvalue weighted by atomic mass is 10.2. The minimum absolute atomic E-state index is 0.0847. The van der Waals surface area contributed by atoms with Crippen molar-refractivity contribution in [3.63, 3.8) is 0 Å². The minimum atomic E-state index is -4.85. The number of halogens is 4. The van der Waals surface area contributed by atoms with Crippen molar-refractivity contribution in [1.82, 2.24) is 4.98 Å². The molecule has 0 N–H and O–H groups in total. The van der Waals surface area contributed by atoms with Crippen molar-refractivity contribution >= 4 is 15.9 Å². The van der Waals surface area contributed by atoms with Crippen LogP contribution in [0.1, 0.15) is 11.3 Å². The van der Waals surface area contributed by atoms with Crippen molar-refractivity contribution in [2.24, 2.45) is 0 Å². The number of rotatable bonds is 4. The molecular weight excluding hydrogens is 317 g/mol. The highest BCUT2D eigenvalue weighted by Crippen LogP contribution is 2.33. The van der Waals surface area contributed by atoms with Gasteiger partial charge in [-0.1, -0.05) is 15.9 Å². The summed E-state index contributed by atoms with van der Waals surface area (Å²) in [6, 6.07) is 3.20. The van der Waals surface area contributed by atoms with Crippen molar-refractivity contribution in [3.05, 3.63) is 17.3 Å². The van der Waals surface area contributed by atoms with Gasteiger partial charge in [0, 0.05) is 11.4 Å². The average molecular weight is 325 g/mol. The van der Waals surface area contributed by atoms with E-state index in [0.29, 0.717) is 0 Å². The van der Waals surface area contributed by atoms with E-state index in [0.717, 1.165) is 0 Å². The third-order valence-electron chi connectivity index (χ3n) is 1.92. The van der Waals surface area contributed by atoms with Crippen LogP contribution in [0, 0.1) is 11.3 Å². The van der Waals surface area contributed by atoms with E-state index < -0.39 is 12.2 Å². The Balaban J connectivity index is 3.27. The van der Waals surface area contributed by atoms with Gasteiger partial charge in [-0.3, -0.25) is 0 Å². The molecule has 0 atom stereocenters. The van der Waals surface area contributed by atoms with E-state index in [9.17, 15) is 13.2 Å². The standard InChI is InChI=1S/C10H8BrF3N2O2/c1-17-8-4-6(2-3-15)16-9(7(8)5-11)18-10(12,13)14/h4H,2,5H2,1H3. The van der Waals surface area contributed by atoms with Crippen LogP contribution in [0.15, 0.2) is 6.07 Å². The lowest BCUT2D eigenvalue weighted by Crippen LogP contribution is -2.19. The zero-order valence-electron chi connectivity index (χ0n) is 9.21. The summed E-state index contributed by atoms with van der Waals surface area (Å²) >= 11 is 3.04. The van der Waals surface area contributed by atoms with E-state index in [-0.39, 0.29) is 28.8 Å². The largest absolute Gasteiger partial charge is 0.574 e. The molecule has 1 aromatic heterocycles. The minimum Gasteiger partial charge on any atom is -0.496 e. The predicted octanol–water partition coefficient (Wildman–Crippen LogP) is 2.95. The molecule has 98 valence electrons. The molecule has 0 fully saturated rings. The van der Waals surface area contributed by atoms with E-state index >= 15 is 0 Å². The highest BCUT2D eigenvalue weighted by Gasteiger charge is 2.33. The molecule has 0 amide bonds. The average Bonchev–Trinajstić information content (AvgIpc) is 2.26. The van der Waals surface area contributed by atoms with Gasteiger partial charge in [-0.15, -0.1) is 13.2 Å². The molecule has 0 aliphatic heterocycles. The molecule has 0 aromatic carbocycles. The summed E-state index contributed by atoms with van der Waals surface area (Å²) in [6.45, 7) is 0. The van der Waals surface area contributed by atoms with Gasteiger partial charge in [0.25, 0.3) is 0 Å². The highest BCUT2D eigenvalue weighted by atomic mass is 79.9. The number of pyridine rings is 1. The molecule has 18 heavy (non-hydrogen) atoms. The van der Waals surface area contributed by atoms with E-state index in [1.54, 1.807) is 6.07 Å². The molecule has 0 radical (unpaired) electrons. The summed E-state index contributed by atoms with van der Waals surface area (Å²) in [7, 11) is 1.31. The summed E-state index contributed by atoms with van der Waals surface area (Å²) in [6.07, 6.45) is -4.98. The number of nitrogens with zero attached hydrogens (tertiary/aromatic N) is 2. The summed E-state index contributed by atoms with van der Waals surface area (Å²) in [5, 5.41) is 8.61. The number of nitriles is 1. The zero-order valence-corrected chi connectivity index (χ0v) is 10.8. The molecule has 0 aliphatic rings. The lowest BCUT2D eigenvalue weighted by Gasteiger charge is -2.14. The van der Waals surface area contributed by atoms with Crippen LogP contribution in [0.2, 0.25) is 0 Å². The molecule has 4 nitrogen and oxygen atoms in total. The Hall–Kier alpha value is -1.49. The molecule has 0 saturated heterocycles. The van der Waals surface area contributed by atoms with Gasteiger partial charge in [0.2, 0.25) is 5.88 Å². The summed E-state index contributed by atoms with van der Waals surface area (Å²) in [5.74, 6) is -0.421. The van der Waals surface area contributed by atoms with Crippen LogP contribution >= 0.6 is 15.9 Å². The zero-order chi connectivity index (χ0) is 13.8. The monoisotopic (exact) mass is 324 g/mol. The van der Waals surface area contributed by atoms with Crippen molar-refractivity contribution in [2.75, 3.05) is 7.11 Å². The first kappa shape index (κ1) is 14.6. The fourth-order valence-electron chi connectivity index (χ4n) is 1.24. The third kappa shape index (κ3) is 3.77. The number of hydrogen-bond donors (Lipinski definition) is 0. The van der Waals surface area contributed by atoms with Crippen LogP contribution in [0.25, 0.3) is 0 Å². The van der Waals surface area contributed by atoms with E-state index in [1.807, 2.05) is 0 Å². The topological polar surface area (TPSA) is 55.1 Å². The SMILES string of the molecule is COc1cc(CC#N)nc(OC(F)(F)F)c1CBr. The molecule has 0 saturated carbocycles. The van der Waals surface area contributed by atoms with Gasteiger partial charge >= 0.3 is 6.36 Å². The number of methoxy groups -OCH3 is 1. The smallest absolute Gasteiger partial charge is 0.496 e. The van der Waals surface area contributed by atoms with Crippen molar-refractivity contribution in [1.29, 1.82) is 5.26 Å². The second-order valence-electron chi connectivity index (χ2n) is 3.12. The maximum absolute atomic E-state index is 12.2. The molecule has 8 heteroatoms. The van der Waals surface area contributed by atoms with Crippen LogP contribution in [-0.2, 0) is 11.8 Å². The van der Waals surface area contributed by atoms with Gasteiger partial charge in [0.1, 0.15) is 5.75 Å². The molecule has 0 bridgehead atoms. The Morgan fingerprint density at radius 3 is 2.61 bits per heavy atom. The fraction of sp³-hybridized carbons (Fsp3) is 0.400. The van der Waals surface area contributed by atoms with Gasteiger partial charge in [0.15, 0.2) is 0 Å². The Bertz CT molecular complexity index is 471. The van der Waals surface area contributed by atoms with Crippen molar-refractivity contribution in [3.8, 4) is 17.7 Å². The number of hydrogen-bond acceptors (Lipinski definition) is 4. The molecular formula is C10H8BrF3N2O2. The predicted molar refractivity (Wildman–Crippen MR) is 59.4 cm³/mol. The Kier molecular flexibility index (Phi) is 4.78. The molecule has 1 heterocycles. The summed E-state index contributed by atoms with van der Waals surface area (Å²) < 4.78 is 45.5. The van der Waals surface area contributed by atoms with Gasteiger partial charge in [-0.25, -0.2) is 4.98 Å². The maximum Gasteiger partial charge on any atom is 0.574 e. The van der Waals surface area contributed by atoms with Crippen molar-refractivity contribution in [2.45, 2.75) is 18.1 Å². The first-order valence-corrected chi connectivity index (χ1v) is 5.79. The van der Waals surface area contributed by atoms with Crippen molar-refractivity contribution < 1.29 is 22.6 Å². The molecule has 1 rings (SSSR count). The van der Waals surface area contributed by atoms with E-state index in [1.165, 1.54) is 13.2 Å². The van der Waals surface area contributed by atoms with E-state index in [2.05, 4.69) is 25.7 Å². The van der Waals surface area contributed by atoms with Gasteiger partial charge in [-0.05, 0) is 0 Å². The first-order valence-electron chi connectivity index (χ1n) is 4.66. The van der Waals surface area contributed by atoms with Gasteiger partial charge in [-0.2, -0.15) is 5.26 Å². The van der Waals surface area contributed by atoms with Crippen LogP contribution in [0.4, 0.5) is 13.2 Å². The van der Waals surface area contributed by atoms with Crippen LogP contribution in [0.5, 0.6) is 11.6 Å². The lowest BCUT2D eigenvalue weighted by molar-refractivity contribution is -0.276. The third-order valence-corrected chi connectivity index (χ3v) is 2.49. The highest BCUT2D eigenvalue weighted by molar-refractivity contribution is 9.08. The van der Waals surface area contributed by atoms with Crippen LogP contribution in [-0.4, -0.2) is 18.5 Å². The van der Waals surface area contributed by atoms with Crippen LogP contribution < -0.4 is 9.47 Å². The quantitative estimate of drug-likeness (QED) is 0.799. The molecule has 0 unspecified atom stereocenters. The number of alkyl halides is 4. The Morgan fingerprint density at radius 2 is 2.17 bits per heavy atom. The first-order chi connectivity index (χ1) is 8.41. The number of ether oxygens (including phenoxy) is 2. The Labute approximate surface area is 109 Å². The molecule has 0 spiro atoms. The van der Waals surface area contributed by atoms with Gasteiger partial charge in [0.05, 0.1) is 30.9 Å². The fourth-order valence-corrected chi connectivity index (χ4v) is 1.76. The maximum atomic E-state index is 12.2.